The van der Waals surface area contributed by atoms with E-state index in [1.165, 1.54) is 10.4 Å². The molecule has 2 aromatic heterocycles. The molecule has 1 aliphatic rings. The van der Waals surface area contributed by atoms with E-state index in [2.05, 4.69) is 28.7 Å². The highest BCUT2D eigenvalue weighted by Crippen LogP contribution is 2.35. The number of nitriles is 1. The number of hydrogen-bond donors (Lipinski definition) is 0. The molecule has 2 aromatic rings. The zero-order valence-electron chi connectivity index (χ0n) is 14.1. The van der Waals surface area contributed by atoms with Gasteiger partial charge in [-0.25, -0.2) is 9.97 Å². The Hall–Kier alpha value is -2.20. The van der Waals surface area contributed by atoms with Gasteiger partial charge in [0.2, 0.25) is 0 Å². The van der Waals surface area contributed by atoms with Crippen LogP contribution in [0.15, 0.2) is 6.33 Å². The van der Waals surface area contributed by atoms with Crippen molar-refractivity contribution in [2.75, 3.05) is 18.0 Å². The first-order chi connectivity index (χ1) is 11.5. The van der Waals surface area contributed by atoms with Crippen LogP contribution < -0.4 is 4.90 Å². The molecule has 0 spiro atoms. The Labute approximate surface area is 145 Å². The maximum absolute atomic E-state index is 12.1. The van der Waals surface area contributed by atoms with Crippen LogP contribution in [0.25, 0.3) is 10.2 Å². The fourth-order valence-corrected chi connectivity index (χ4v) is 4.02. The normalized spacial score (nSPS) is 16.8. The van der Waals surface area contributed by atoms with Gasteiger partial charge < -0.3 is 9.64 Å². The second kappa shape index (κ2) is 6.73. The SMILES string of the molecule is Cc1sc2ncnc(N3CCC(C(=O)O[C@H](C)C#N)CC3)c2c1C. The largest absolute Gasteiger partial charge is 0.447 e. The Bertz CT molecular complexity index is 803. The zero-order valence-corrected chi connectivity index (χ0v) is 14.9. The molecule has 0 bridgehead atoms. The number of esters is 1. The van der Waals surface area contributed by atoms with Gasteiger partial charge in [-0.3, -0.25) is 4.79 Å². The topological polar surface area (TPSA) is 79.1 Å². The van der Waals surface area contributed by atoms with Gasteiger partial charge in [-0.05, 0) is 39.2 Å². The number of hydrogen-bond acceptors (Lipinski definition) is 7. The summed E-state index contributed by atoms with van der Waals surface area (Å²) in [5.74, 6) is 0.554. The molecule has 0 amide bonds. The van der Waals surface area contributed by atoms with Crippen LogP contribution in [-0.2, 0) is 9.53 Å². The molecule has 24 heavy (non-hydrogen) atoms. The summed E-state index contributed by atoms with van der Waals surface area (Å²) >= 11 is 1.69. The summed E-state index contributed by atoms with van der Waals surface area (Å²) in [5.41, 5.74) is 1.23. The molecule has 0 unspecified atom stereocenters. The lowest BCUT2D eigenvalue weighted by Crippen LogP contribution is -2.38. The average Bonchev–Trinajstić information content (AvgIpc) is 2.89. The minimum Gasteiger partial charge on any atom is -0.447 e. The molecule has 7 heteroatoms. The maximum atomic E-state index is 12.1. The first-order valence-electron chi connectivity index (χ1n) is 8.07. The molecule has 0 aromatic carbocycles. The second-order valence-electron chi connectivity index (χ2n) is 6.13. The molecule has 1 aliphatic heterocycles. The number of rotatable bonds is 3. The van der Waals surface area contributed by atoms with E-state index < -0.39 is 6.10 Å². The van der Waals surface area contributed by atoms with E-state index in [0.29, 0.717) is 12.8 Å². The van der Waals surface area contributed by atoms with Crippen LogP contribution in [0.5, 0.6) is 0 Å². The molecular formula is C17H20N4O2S. The Morgan fingerprint density at radius 2 is 2.12 bits per heavy atom. The van der Waals surface area contributed by atoms with E-state index in [1.54, 1.807) is 24.6 Å². The summed E-state index contributed by atoms with van der Waals surface area (Å²) < 4.78 is 5.13. The summed E-state index contributed by atoms with van der Waals surface area (Å²) in [5, 5.41) is 9.88. The van der Waals surface area contributed by atoms with Crippen molar-refractivity contribution in [3.63, 3.8) is 0 Å². The van der Waals surface area contributed by atoms with Gasteiger partial charge in [0.15, 0.2) is 6.10 Å². The van der Waals surface area contributed by atoms with Crippen molar-refractivity contribution in [1.82, 2.24) is 9.97 Å². The van der Waals surface area contributed by atoms with Gasteiger partial charge in [0, 0.05) is 18.0 Å². The Morgan fingerprint density at radius 1 is 1.42 bits per heavy atom. The molecular weight excluding hydrogens is 324 g/mol. The predicted octanol–water partition coefficient (Wildman–Crippen LogP) is 2.98. The minimum atomic E-state index is -0.687. The molecule has 1 saturated heterocycles. The van der Waals surface area contributed by atoms with Crippen LogP contribution in [0.4, 0.5) is 5.82 Å². The molecule has 0 N–H and O–H groups in total. The number of nitrogens with zero attached hydrogens (tertiary/aromatic N) is 4. The molecule has 3 heterocycles. The Balaban J connectivity index is 1.74. The van der Waals surface area contributed by atoms with Crippen LogP contribution in [0.3, 0.4) is 0 Å². The molecule has 3 rings (SSSR count). The van der Waals surface area contributed by atoms with Gasteiger partial charge in [-0.2, -0.15) is 5.26 Å². The molecule has 0 radical (unpaired) electrons. The maximum Gasteiger partial charge on any atom is 0.310 e. The molecule has 0 aliphatic carbocycles. The highest BCUT2D eigenvalue weighted by Gasteiger charge is 2.29. The smallest absolute Gasteiger partial charge is 0.310 e. The van der Waals surface area contributed by atoms with E-state index in [4.69, 9.17) is 10.00 Å². The third kappa shape index (κ3) is 3.06. The van der Waals surface area contributed by atoms with Gasteiger partial charge in [-0.1, -0.05) is 0 Å². The van der Waals surface area contributed by atoms with E-state index in [-0.39, 0.29) is 11.9 Å². The summed E-state index contributed by atoms with van der Waals surface area (Å²) in [4.78, 5) is 25.4. The lowest BCUT2D eigenvalue weighted by molar-refractivity contribution is -0.151. The number of anilines is 1. The van der Waals surface area contributed by atoms with Crippen LogP contribution in [0, 0.1) is 31.1 Å². The standard InChI is InChI=1S/C17H20N4O2S/c1-10(8-18)23-17(22)13-4-6-21(7-5-13)15-14-11(2)12(3)24-16(14)20-9-19-15/h9-10,13H,4-7H2,1-3H3/t10-/m1/s1. The number of fused-ring (bicyclic) bond motifs is 1. The number of aryl methyl sites for hydroxylation is 2. The Morgan fingerprint density at radius 3 is 2.79 bits per heavy atom. The second-order valence-corrected chi connectivity index (χ2v) is 7.33. The fourth-order valence-electron chi connectivity index (χ4n) is 3.03. The summed E-state index contributed by atoms with van der Waals surface area (Å²) in [6.45, 7) is 7.30. The Kier molecular flexibility index (Phi) is 4.67. The average molecular weight is 344 g/mol. The minimum absolute atomic E-state index is 0.139. The first-order valence-corrected chi connectivity index (χ1v) is 8.88. The van der Waals surface area contributed by atoms with Crippen LogP contribution in [0.1, 0.15) is 30.2 Å². The quantitative estimate of drug-likeness (QED) is 0.797. The number of piperidine rings is 1. The summed E-state index contributed by atoms with van der Waals surface area (Å²) in [7, 11) is 0. The molecule has 1 fully saturated rings. The number of aromatic nitrogens is 2. The van der Waals surface area contributed by atoms with E-state index in [0.717, 1.165) is 29.1 Å². The number of carbonyl (C=O) groups excluding carboxylic acids is 1. The van der Waals surface area contributed by atoms with Crippen molar-refractivity contribution in [3.05, 3.63) is 16.8 Å². The van der Waals surface area contributed by atoms with Crippen molar-refractivity contribution in [3.8, 4) is 6.07 Å². The van der Waals surface area contributed by atoms with Crippen molar-refractivity contribution in [1.29, 1.82) is 5.26 Å². The van der Waals surface area contributed by atoms with Crippen LogP contribution in [-0.4, -0.2) is 35.1 Å². The van der Waals surface area contributed by atoms with Crippen molar-refractivity contribution in [2.45, 2.75) is 39.7 Å². The zero-order chi connectivity index (χ0) is 17.3. The lowest BCUT2D eigenvalue weighted by atomic mass is 9.96. The van der Waals surface area contributed by atoms with E-state index in [9.17, 15) is 4.79 Å². The van der Waals surface area contributed by atoms with E-state index in [1.807, 2.05) is 6.07 Å². The highest BCUT2D eigenvalue weighted by molar-refractivity contribution is 7.18. The first kappa shape index (κ1) is 16.7. The van der Waals surface area contributed by atoms with Crippen LogP contribution in [0.2, 0.25) is 0 Å². The molecule has 126 valence electrons. The van der Waals surface area contributed by atoms with Crippen molar-refractivity contribution >= 4 is 33.3 Å². The number of carbonyl (C=O) groups is 1. The van der Waals surface area contributed by atoms with Gasteiger partial charge in [0.05, 0.1) is 11.3 Å². The van der Waals surface area contributed by atoms with E-state index >= 15 is 0 Å². The molecule has 1 atom stereocenters. The van der Waals surface area contributed by atoms with Gasteiger partial charge >= 0.3 is 5.97 Å². The summed E-state index contributed by atoms with van der Waals surface area (Å²) in [6.07, 6.45) is 2.35. The van der Waals surface area contributed by atoms with Gasteiger partial charge in [0.1, 0.15) is 23.0 Å². The molecule has 6 nitrogen and oxygen atoms in total. The summed E-state index contributed by atoms with van der Waals surface area (Å²) in [6, 6.07) is 1.93. The fraction of sp³-hybridized carbons (Fsp3) is 0.529. The molecule has 0 saturated carbocycles. The van der Waals surface area contributed by atoms with Gasteiger partial charge in [-0.15, -0.1) is 11.3 Å². The third-order valence-electron chi connectivity index (χ3n) is 4.55. The number of ether oxygens (including phenoxy) is 1. The van der Waals surface area contributed by atoms with Crippen molar-refractivity contribution in [2.24, 2.45) is 5.92 Å². The predicted molar refractivity (Wildman–Crippen MR) is 93.0 cm³/mol. The van der Waals surface area contributed by atoms with Gasteiger partial charge in [0.25, 0.3) is 0 Å². The van der Waals surface area contributed by atoms with Crippen LogP contribution >= 0.6 is 11.3 Å². The monoisotopic (exact) mass is 344 g/mol. The lowest BCUT2D eigenvalue weighted by Gasteiger charge is -2.32. The van der Waals surface area contributed by atoms with Crippen molar-refractivity contribution < 1.29 is 9.53 Å². The highest BCUT2D eigenvalue weighted by atomic mass is 32.1. The third-order valence-corrected chi connectivity index (χ3v) is 5.66. The number of thiophene rings is 1.